The van der Waals surface area contributed by atoms with Crippen LogP contribution in [0, 0.1) is 0 Å². The van der Waals surface area contributed by atoms with Crippen LogP contribution in [0.2, 0.25) is 0 Å². The zero-order valence-corrected chi connectivity index (χ0v) is 14.5. The first-order chi connectivity index (χ1) is 12.8. The van der Waals surface area contributed by atoms with Crippen LogP contribution in [-0.4, -0.2) is 35.6 Å². The highest BCUT2D eigenvalue weighted by atomic mass is 16.5. The number of nitrogens with one attached hydrogen (secondary N) is 1. The first-order valence-corrected chi connectivity index (χ1v) is 8.87. The van der Waals surface area contributed by atoms with Gasteiger partial charge in [0.05, 0.1) is 6.54 Å². The molecule has 0 spiro atoms. The molecule has 2 amide bonds. The molecule has 0 bridgehead atoms. The number of aromatic nitrogens is 1. The Hall–Kier alpha value is -3.08. The molecule has 5 nitrogen and oxygen atoms in total. The first kappa shape index (κ1) is 16.4. The molecule has 5 heteroatoms. The Morgan fingerprint density at radius 3 is 2.85 bits per heavy atom. The van der Waals surface area contributed by atoms with E-state index in [4.69, 9.17) is 4.74 Å². The number of carbonyl (C=O) groups excluding carboxylic acids is 1. The molecule has 4 rings (SSSR count). The Bertz CT molecular complexity index is 921. The maximum Gasteiger partial charge on any atom is 0.317 e. The van der Waals surface area contributed by atoms with Gasteiger partial charge in [0.2, 0.25) is 0 Å². The molecular weight excluding hydrogens is 326 g/mol. The van der Waals surface area contributed by atoms with Gasteiger partial charge < -0.3 is 15.0 Å². The number of rotatable bonds is 4. The fourth-order valence-corrected chi connectivity index (χ4v) is 3.29. The number of hydrogen-bond acceptors (Lipinski definition) is 3. The van der Waals surface area contributed by atoms with Crippen molar-refractivity contribution in [3.05, 3.63) is 71.9 Å². The molecule has 132 valence electrons. The molecule has 26 heavy (non-hydrogen) atoms. The summed E-state index contributed by atoms with van der Waals surface area (Å²) in [6, 6.07) is 18.0. The van der Waals surface area contributed by atoms with Crippen LogP contribution < -0.4 is 10.1 Å². The van der Waals surface area contributed by atoms with Crippen molar-refractivity contribution in [3.63, 3.8) is 0 Å². The highest BCUT2D eigenvalue weighted by molar-refractivity contribution is 5.84. The largest absolute Gasteiger partial charge is 0.489 e. The number of ether oxygens (including phenoxy) is 1. The molecule has 0 radical (unpaired) electrons. The van der Waals surface area contributed by atoms with Crippen molar-refractivity contribution in [1.29, 1.82) is 0 Å². The summed E-state index contributed by atoms with van der Waals surface area (Å²) in [5, 5.41) is 3.99. The van der Waals surface area contributed by atoms with Gasteiger partial charge in [0, 0.05) is 24.7 Å². The number of hydrogen-bond donors (Lipinski definition) is 1. The van der Waals surface area contributed by atoms with Crippen molar-refractivity contribution in [2.45, 2.75) is 13.0 Å². The second-order valence-corrected chi connectivity index (χ2v) is 6.35. The molecule has 2 heterocycles. The van der Waals surface area contributed by atoms with E-state index in [9.17, 15) is 4.79 Å². The van der Waals surface area contributed by atoms with Gasteiger partial charge in [-0.15, -0.1) is 0 Å². The number of benzene rings is 2. The Labute approximate surface area is 152 Å². The minimum absolute atomic E-state index is 0.0425. The number of para-hydroxylation sites is 1. The molecule has 3 aromatic rings. The van der Waals surface area contributed by atoms with E-state index in [1.54, 1.807) is 6.20 Å². The molecule has 0 saturated carbocycles. The number of nitrogens with zero attached hydrogens (tertiary/aromatic N) is 2. The predicted octanol–water partition coefficient (Wildman–Crippen LogP) is 3.38. The minimum atomic E-state index is -0.0425. The lowest BCUT2D eigenvalue weighted by Crippen LogP contribution is -2.43. The monoisotopic (exact) mass is 347 g/mol. The minimum Gasteiger partial charge on any atom is -0.489 e. The number of pyridine rings is 1. The van der Waals surface area contributed by atoms with E-state index < -0.39 is 0 Å². The molecule has 0 unspecified atom stereocenters. The zero-order valence-electron chi connectivity index (χ0n) is 14.5. The molecule has 1 aromatic heterocycles. The molecule has 0 saturated heterocycles. The van der Waals surface area contributed by atoms with Gasteiger partial charge in [-0.3, -0.25) is 4.98 Å². The Balaban J connectivity index is 1.29. The normalized spacial score (nSPS) is 13.3. The molecule has 0 fully saturated rings. The summed E-state index contributed by atoms with van der Waals surface area (Å²) in [6.07, 6.45) is 2.66. The molecule has 1 aliphatic heterocycles. The van der Waals surface area contributed by atoms with Crippen LogP contribution in [0.25, 0.3) is 10.9 Å². The molecular formula is C21H21N3O2. The summed E-state index contributed by atoms with van der Waals surface area (Å²) in [5.41, 5.74) is 3.41. The van der Waals surface area contributed by atoms with Crippen LogP contribution in [0.5, 0.6) is 5.75 Å². The second-order valence-electron chi connectivity index (χ2n) is 6.35. The topological polar surface area (TPSA) is 54.5 Å². The zero-order chi connectivity index (χ0) is 17.8. The van der Waals surface area contributed by atoms with Gasteiger partial charge in [0.1, 0.15) is 17.9 Å². The summed E-state index contributed by atoms with van der Waals surface area (Å²) < 4.78 is 5.82. The number of amides is 2. The summed E-state index contributed by atoms with van der Waals surface area (Å²) in [4.78, 5) is 18.6. The lowest BCUT2D eigenvalue weighted by atomic mass is 10.0. The van der Waals surface area contributed by atoms with Gasteiger partial charge in [0.25, 0.3) is 0 Å². The number of urea groups is 1. The average Bonchev–Trinajstić information content (AvgIpc) is 2.70. The third kappa shape index (κ3) is 3.47. The average molecular weight is 347 g/mol. The quantitative estimate of drug-likeness (QED) is 0.736. The highest BCUT2D eigenvalue weighted by Crippen LogP contribution is 2.22. The van der Waals surface area contributed by atoms with Gasteiger partial charge >= 0.3 is 6.03 Å². The third-order valence-corrected chi connectivity index (χ3v) is 4.65. The van der Waals surface area contributed by atoms with Crippen molar-refractivity contribution in [2.24, 2.45) is 0 Å². The van der Waals surface area contributed by atoms with Crippen molar-refractivity contribution >= 4 is 16.9 Å². The Morgan fingerprint density at radius 2 is 1.92 bits per heavy atom. The van der Waals surface area contributed by atoms with E-state index >= 15 is 0 Å². The van der Waals surface area contributed by atoms with Crippen LogP contribution >= 0.6 is 0 Å². The van der Waals surface area contributed by atoms with Gasteiger partial charge in [-0.1, -0.05) is 42.5 Å². The predicted molar refractivity (Wildman–Crippen MR) is 101 cm³/mol. The van der Waals surface area contributed by atoms with Gasteiger partial charge in [-0.2, -0.15) is 0 Å². The molecule has 0 atom stereocenters. The van der Waals surface area contributed by atoms with E-state index in [0.29, 0.717) is 19.7 Å². The fourth-order valence-electron chi connectivity index (χ4n) is 3.29. The standard InChI is InChI=1S/C21H21N3O2/c25-21(24-13-10-16-5-1-2-6-18(16)15-24)23-12-14-26-19-9-3-7-17-8-4-11-22-20(17)19/h1-9,11H,10,12-15H2,(H,23,25). The Kier molecular flexibility index (Phi) is 4.69. The van der Waals surface area contributed by atoms with Crippen molar-refractivity contribution in [3.8, 4) is 5.75 Å². The smallest absolute Gasteiger partial charge is 0.317 e. The van der Waals surface area contributed by atoms with Crippen LogP contribution in [0.3, 0.4) is 0 Å². The van der Waals surface area contributed by atoms with Crippen molar-refractivity contribution in [1.82, 2.24) is 15.2 Å². The van der Waals surface area contributed by atoms with Gasteiger partial charge in [-0.05, 0) is 29.7 Å². The summed E-state index contributed by atoms with van der Waals surface area (Å²) in [6.45, 7) is 2.28. The van der Waals surface area contributed by atoms with E-state index in [-0.39, 0.29) is 6.03 Å². The summed E-state index contributed by atoms with van der Waals surface area (Å²) in [7, 11) is 0. The van der Waals surface area contributed by atoms with E-state index in [1.165, 1.54) is 11.1 Å². The number of fused-ring (bicyclic) bond motifs is 2. The van der Waals surface area contributed by atoms with Crippen LogP contribution in [0.15, 0.2) is 60.8 Å². The van der Waals surface area contributed by atoms with Crippen LogP contribution in [0.4, 0.5) is 4.79 Å². The maximum absolute atomic E-state index is 12.4. The molecule has 0 aliphatic carbocycles. The maximum atomic E-state index is 12.4. The molecule has 1 N–H and O–H groups in total. The van der Waals surface area contributed by atoms with Gasteiger partial charge in [0.15, 0.2) is 0 Å². The van der Waals surface area contributed by atoms with E-state index in [0.717, 1.165) is 29.6 Å². The fraction of sp³-hybridized carbons (Fsp3) is 0.238. The molecule has 1 aliphatic rings. The van der Waals surface area contributed by atoms with E-state index in [1.807, 2.05) is 47.4 Å². The summed E-state index contributed by atoms with van der Waals surface area (Å²) >= 11 is 0. The molecule has 2 aromatic carbocycles. The van der Waals surface area contributed by atoms with Gasteiger partial charge in [-0.25, -0.2) is 4.79 Å². The van der Waals surface area contributed by atoms with E-state index in [2.05, 4.69) is 22.4 Å². The van der Waals surface area contributed by atoms with Crippen LogP contribution in [0.1, 0.15) is 11.1 Å². The van der Waals surface area contributed by atoms with Crippen molar-refractivity contribution < 1.29 is 9.53 Å². The first-order valence-electron chi connectivity index (χ1n) is 8.87. The SMILES string of the molecule is O=C(NCCOc1cccc2cccnc12)N1CCc2ccccc2C1. The second kappa shape index (κ2) is 7.44. The Morgan fingerprint density at radius 1 is 1.08 bits per heavy atom. The van der Waals surface area contributed by atoms with Crippen molar-refractivity contribution in [2.75, 3.05) is 19.7 Å². The lowest BCUT2D eigenvalue weighted by molar-refractivity contribution is 0.189. The number of carbonyl (C=O) groups is 1. The highest BCUT2D eigenvalue weighted by Gasteiger charge is 2.19. The lowest BCUT2D eigenvalue weighted by Gasteiger charge is -2.28. The van der Waals surface area contributed by atoms with Crippen LogP contribution in [-0.2, 0) is 13.0 Å². The third-order valence-electron chi connectivity index (χ3n) is 4.65. The summed E-state index contributed by atoms with van der Waals surface area (Å²) in [5.74, 6) is 0.740.